The number of urea groups is 1. The number of nitrogens with zero attached hydrogens (tertiary/aromatic N) is 2. The molecule has 10 heteroatoms. The second kappa shape index (κ2) is 7.63. The molecule has 2 aromatic rings. The lowest BCUT2D eigenvalue weighted by molar-refractivity contribution is -0.385. The number of nitro benzene ring substituents is 1. The number of nitro groups is 1. The van der Waals surface area contributed by atoms with Gasteiger partial charge < -0.3 is 10.6 Å². The molecule has 1 saturated heterocycles. The van der Waals surface area contributed by atoms with Crippen molar-refractivity contribution in [2.24, 2.45) is 0 Å². The first-order valence-corrected chi connectivity index (χ1v) is 9.37. The molecule has 150 valence electrons. The number of hydrogen-bond acceptors (Lipinski definition) is 5. The van der Waals surface area contributed by atoms with Gasteiger partial charge in [0.25, 0.3) is 11.6 Å². The third-order valence-corrected chi connectivity index (χ3v) is 5.46. The van der Waals surface area contributed by atoms with Crippen LogP contribution in [-0.2, 0) is 15.1 Å². The van der Waals surface area contributed by atoms with Gasteiger partial charge in [0.05, 0.1) is 16.2 Å². The van der Waals surface area contributed by atoms with Gasteiger partial charge in [-0.15, -0.1) is 0 Å². The third-order valence-electron chi connectivity index (χ3n) is 4.77. The molecule has 1 aliphatic rings. The van der Waals surface area contributed by atoms with E-state index in [9.17, 15) is 24.5 Å². The maximum Gasteiger partial charge on any atom is 0.325 e. The number of imide groups is 1. The zero-order chi connectivity index (χ0) is 21.3. The summed E-state index contributed by atoms with van der Waals surface area (Å²) in [6.45, 7) is 2.55. The molecule has 0 unspecified atom stereocenters. The zero-order valence-corrected chi connectivity index (χ0v) is 17.1. The van der Waals surface area contributed by atoms with Crippen molar-refractivity contribution in [1.29, 1.82) is 0 Å². The fourth-order valence-electron chi connectivity index (χ4n) is 3.18. The second-order valence-electron chi connectivity index (χ2n) is 6.68. The van der Waals surface area contributed by atoms with Gasteiger partial charge in [-0.3, -0.25) is 24.6 Å². The first-order valence-electron chi connectivity index (χ1n) is 8.58. The van der Waals surface area contributed by atoms with E-state index in [2.05, 4.69) is 26.6 Å². The van der Waals surface area contributed by atoms with Crippen LogP contribution >= 0.6 is 15.9 Å². The van der Waals surface area contributed by atoms with Crippen molar-refractivity contribution < 1.29 is 19.3 Å². The van der Waals surface area contributed by atoms with Crippen LogP contribution in [0.25, 0.3) is 0 Å². The Kier molecular flexibility index (Phi) is 5.38. The van der Waals surface area contributed by atoms with Crippen LogP contribution in [0.1, 0.15) is 18.1 Å². The summed E-state index contributed by atoms with van der Waals surface area (Å²) in [5.41, 5.74) is -0.375. The van der Waals surface area contributed by atoms with E-state index in [0.29, 0.717) is 10.0 Å². The fraction of sp³-hybridized carbons (Fsp3) is 0.211. The summed E-state index contributed by atoms with van der Waals surface area (Å²) in [4.78, 5) is 49.1. The lowest BCUT2D eigenvalue weighted by atomic mass is 9.92. The van der Waals surface area contributed by atoms with Crippen LogP contribution in [0.4, 0.5) is 16.2 Å². The van der Waals surface area contributed by atoms with Crippen molar-refractivity contribution >= 4 is 45.2 Å². The van der Waals surface area contributed by atoms with Gasteiger partial charge in [0.2, 0.25) is 5.91 Å². The third kappa shape index (κ3) is 3.70. The molecule has 0 bridgehead atoms. The number of amides is 4. The van der Waals surface area contributed by atoms with Crippen molar-refractivity contribution in [3.63, 3.8) is 0 Å². The molecule has 9 nitrogen and oxygen atoms in total. The average molecular weight is 461 g/mol. The van der Waals surface area contributed by atoms with Gasteiger partial charge in [-0.25, -0.2) is 4.79 Å². The quantitative estimate of drug-likeness (QED) is 0.403. The Balaban J connectivity index is 1.79. The van der Waals surface area contributed by atoms with E-state index < -0.39 is 34.9 Å². The van der Waals surface area contributed by atoms with E-state index in [-0.39, 0.29) is 16.9 Å². The first-order chi connectivity index (χ1) is 13.6. The number of benzene rings is 2. The molecule has 2 N–H and O–H groups in total. The molecule has 2 aromatic carbocycles. The van der Waals surface area contributed by atoms with E-state index >= 15 is 0 Å². The van der Waals surface area contributed by atoms with Gasteiger partial charge >= 0.3 is 6.03 Å². The minimum absolute atomic E-state index is 0.140. The van der Waals surface area contributed by atoms with Crippen molar-refractivity contribution in [1.82, 2.24) is 10.2 Å². The van der Waals surface area contributed by atoms with Crippen molar-refractivity contribution in [3.8, 4) is 0 Å². The Morgan fingerprint density at radius 3 is 2.59 bits per heavy atom. The summed E-state index contributed by atoms with van der Waals surface area (Å²) in [5.74, 6) is -1.21. The number of carbonyl (C=O) groups is 3. The minimum Gasteiger partial charge on any atom is -0.324 e. The second-order valence-corrected chi connectivity index (χ2v) is 7.54. The summed E-state index contributed by atoms with van der Waals surface area (Å²) in [6.07, 6.45) is 0. The van der Waals surface area contributed by atoms with E-state index in [1.165, 1.54) is 25.1 Å². The maximum absolute atomic E-state index is 12.9. The molecular formula is C19H17BrN4O5. The zero-order valence-electron chi connectivity index (χ0n) is 15.6. The Morgan fingerprint density at radius 1 is 1.24 bits per heavy atom. The van der Waals surface area contributed by atoms with Crippen molar-refractivity contribution in [2.75, 3.05) is 11.9 Å². The van der Waals surface area contributed by atoms with Crippen LogP contribution in [0.3, 0.4) is 0 Å². The number of halogens is 1. The standard InChI is InChI=1S/C19H17BrN4O5/c1-11-14(8-5-9-15(11)24(28)29)21-16(25)10-23-17(26)19(2,22-18(23)27)12-6-3-4-7-13(12)20/h3-9H,10H2,1-2H3,(H,21,25)(H,22,27)/t19-/m1/s1. The predicted molar refractivity (Wildman–Crippen MR) is 108 cm³/mol. The van der Waals surface area contributed by atoms with Crippen LogP contribution in [0.2, 0.25) is 0 Å². The normalized spacial score (nSPS) is 18.5. The molecule has 0 radical (unpaired) electrons. The number of anilines is 1. The highest BCUT2D eigenvalue weighted by molar-refractivity contribution is 9.10. The molecule has 0 aliphatic carbocycles. The van der Waals surface area contributed by atoms with Gasteiger partial charge in [0, 0.05) is 16.1 Å². The highest BCUT2D eigenvalue weighted by atomic mass is 79.9. The van der Waals surface area contributed by atoms with Gasteiger partial charge in [-0.2, -0.15) is 0 Å². The average Bonchev–Trinajstić information content (AvgIpc) is 2.87. The predicted octanol–water partition coefficient (Wildman–Crippen LogP) is 3.07. The molecule has 1 fully saturated rings. The Hall–Kier alpha value is -3.27. The summed E-state index contributed by atoms with van der Waals surface area (Å²) in [7, 11) is 0. The Labute approximate surface area is 174 Å². The topological polar surface area (TPSA) is 122 Å². The van der Waals surface area contributed by atoms with Gasteiger partial charge in [-0.1, -0.05) is 40.2 Å². The summed E-state index contributed by atoms with van der Waals surface area (Å²) >= 11 is 3.37. The smallest absolute Gasteiger partial charge is 0.324 e. The van der Waals surface area contributed by atoms with E-state index in [1.54, 1.807) is 31.2 Å². The molecule has 4 amide bonds. The largest absolute Gasteiger partial charge is 0.325 e. The van der Waals surface area contributed by atoms with Crippen LogP contribution < -0.4 is 10.6 Å². The minimum atomic E-state index is -1.32. The molecule has 0 saturated carbocycles. The number of carbonyl (C=O) groups excluding carboxylic acids is 3. The van der Waals surface area contributed by atoms with Crippen molar-refractivity contribution in [2.45, 2.75) is 19.4 Å². The van der Waals surface area contributed by atoms with Crippen LogP contribution in [0, 0.1) is 17.0 Å². The van der Waals surface area contributed by atoms with Crippen LogP contribution in [0.15, 0.2) is 46.9 Å². The van der Waals surface area contributed by atoms with Crippen LogP contribution in [0.5, 0.6) is 0 Å². The highest BCUT2D eigenvalue weighted by Gasteiger charge is 2.50. The lowest BCUT2D eigenvalue weighted by Gasteiger charge is -2.23. The number of hydrogen-bond donors (Lipinski definition) is 2. The fourth-order valence-corrected chi connectivity index (χ4v) is 3.86. The molecule has 0 spiro atoms. The molecule has 29 heavy (non-hydrogen) atoms. The van der Waals surface area contributed by atoms with E-state index in [1.807, 2.05) is 0 Å². The highest BCUT2D eigenvalue weighted by Crippen LogP contribution is 2.33. The van der Waals surface area contributed by atoms with Gasteiger partial charge in [-0.05, 0) is 26.0 Å². The summed E-state index contributed by atoms with van der Waals surface area (Å²) in [5, 5.41) is 16.2. The Bertz CT molecular complexity index is 1040. The van der Waals surface area contributed by atoms with Gasteiger partial charge in [0.15, 0.2) is 0 Å². The monoisotopic (exact) mass is 460 g/mol. The summed E-state index contributed by atoms with van der Waals surface area (Å²) < 4.78 is 0.648. The van der Waals surface area contributed by atoms with Gasteiger partial charge in [0.1, 0.15) is 12.1 Å². The molecule has 1 atom stereocenters. The first kappa shape index (κ1) is 20.5. The molecule has 3 rings (SSSR count). The lowest BCUT2D eigenvalue weighted by Crippen LogP contribution is -2.42. The van der Waals surface area contributed by atoms with Crippen molar-refractivity contribution in [3.05, 3.63) is 68.2 Å². The molecule has 1 heterocycles. The molecule has 1 aliphatic heterocycles. The van der Waals surface area contributed by atoms with E-state index in [0.717, 1.165) is 4.90 Å². The van der Waals surface area contributed by atoms with Crippen LogP contribution in [-0.4, -0.2) is 34.2 Å². The number of nitrogens with one attached hydrogen (secondary N) is 2. The Morgan fingerprint density at radius 2 is 1.93 bits per heavy atom. The number of rotatable bonds is 5. The van der Waals surface area contributed by atoms with E-state index in [4.69, 9.17) is 0 Å². The molecule has 0 aromatic heterocycles. The SMILES string of the molecule is Cc1c(NC(=O)CN2C(=O)N[C@](C)(c3ccccc3Br)C2=O)cccc1[N+](=O)[O-]. The maximum atomic E-state index is 12.9. The summed E-state index contributed by atoms with van der Waals surface area (Å²) in [6, 6.07) is 10.6. The molecular weight excluding hydrogens is 444 g/mol.